The van der Waals surface area contributed by atoms with Gasteiger partial charge in [-0.2, -0.15) is 0 Å². The van der Waals surface area contributed by atoms with Crippen LogP contribution in [0.4, 0.5) is 17.1 Å². The molecule has 174 valence electrons. The highest BCUT2D eigenvalue weighted by Crippen LogP contribution is 2.19. The zero-order valence-electron chi connectivity index (χ0n) is 19.2. The zero-order valence-corrected chi connectivity index (χ0v) is 19.2. The molecule has 2 N–H and O–H groups in total. The van der Waals surface area contributed by atoms with Crippen LogP contribution in [-0.4, -0.2) is 55.2 Å². The van der Waals surface area contributed by atoms with Crippen LogP contribution in [0.15, 0.2) is 78.9 Å². The Hall–Kier alpha value is -3.97. The van der Waals surface area contributed by atoms with Crippen molar-refractivity contribution in [1.82, 2.24) is 4.90 Å². The molecule has 7 heteroatoms. The molecule has 1 aliphatic rings. The molecule has 0 unspecified atom stereocenters. The number of Topliss-reactive ketones (excluding diaryl/α,β-unsaturated/α-hetero) is 1. The van der Waals surface area contributed by atoms with Crippen LogP contribution in [0.25, 0.3) is 0 Å². The standard InChI is InChI=1S/C27H28N4O3/c1-20(32)21-11-13-23(14-12-21)31-17-15-30(16-18-31)19-26(33)29-25-10-6-5-9-24(25)27(34)28-22-7-3-2-4-8-22/h2-14H,15-19H2,1H3,(H,28,34)(H,29,33). The minimum Gasteiger partial charge on any atom is -0.369 e. The van der Waals surface area contributed by atoms with Gasteiger partial charge < -0.3 is 15.5 Å². The van der Waals surface area contributed by atoms with Gasteiger partial charge in [0.15, 0.2) is 5.78 Å². The molecule has 1 saturated heterocycles. The number of hydrogen-bond acceptors (Lipinski definition) is 5. The van der Waals surface area contributed by atoms with Crippen molar-refractivity contribution in [3.63, 3.8) is 0 Å². The van der Waals surface area contributed by atoms with E-state index in [1.807, 2.05) is 54.6 Å². The number of ketones is 1. The number of hydrogen-bond donors (Lipinski definition) is 2. The highest BCUT2D eigenvalue weighted by atomic mass is 16.2. The van der Waals surface area contributed by atoms with E-state index in [1.54, 1.807) is 31.2 Å². The van der Waals surface area contributed by atoms with Gasteiger partial charge in [0.05, 0.1) is 17.8 Å². The molecule has 0 aliphatic carbocycles. The highest BCUT2D eigenvalue weighted by Gasteiger charge is 2.20. The fourth-order valence-corrected chi connectivity index (χ4v) is 3.97. The molecule has 7 nitrogen and oxygen atoms in total. The summed E-state index contributed by atoms with van der Waals surface area (Å²) in [6.45, 7) is 4.90. The Labute approximate surface area is 199 Å². The first kappa shape index (κ1) is 23.2. The van der Waals surface area contributed by atoms with Gasteiger partial charge in [-0.1, -0.05) is 30.3 Å². The minimum absolute atomic E-state index is 0.0569. The zero-order chi connectivity index (χ0) is 23.9. The first-order valence-electron chi connectivity index (χ1n) is 11.3. The normalized spacial score (nSPS) is 13.9. The third-order valence-corrected chi connectivity index (χ3v) is 5.86. The van der Waals surface area contributed by atoms with Crippen molar-refractivity contribution in [3.05, 3.63) is 90.0 Å². The summed E-state index contributed by atoms with van der Waals surface area (Å²) in [5, 5.41) is 5.76. The number of anilines is 3. The molecule has 4 rings (SSSR count). The number of carbonyl (C=O) groups excluding carboxylic acids is 3. The van der Waals surface area contributed by atoms with Crippen molar-refractivity contribution in [1.29, 1.82) is 0 Å². The van der Waals surface area contributed by atoms with E-state index < -0.39 is 0 Å². The lowest BCUT2D eigenvalue weighted by Crippen LogP contribution is -2.48. The van der Waals surface area contributed by atoms with E-state index in [0.717, 1.165) is 31.9 Å². The Balaban J connectivity index is 1.31. The van der Waals surface area contributed by atoms with Crippen molar-refractivity contribution in [3.8, 4) is 0 Å². The minimum atomic E-state index is -0.272. The van der Waals surface area contributed by atoms with Crippen LogP contribution in [0.2, 0.25) is 0 Å². The number of benzene rings is 3. The molecule has 3 aromatic carbocycles. The quantitative estimate of drug-likeness (QED) is 0.527. The van der Waals surface area contributed by atoms with Crippen LogP contribution in [0.3, 0.4) is 0 Å². The average Bonchev–Trinajstić information content (AvgIpc) is 2.85. The van der Waals surface area contributed by atoms with E-state index >= 15 is 0 Å². The lowest BCUT2D eigenvalue weighted by molar-refractivity contribution is -0.117. The van der Waals surface area contributed by atoms with Crippen LogP contribution in [0, 0.1) is 0 Å². The van der Waals surface area contributed by atoms with Crippen LogP contribution in [-0.2, 0) is 4.79 Å². The van der Waals surface area contributed by atoms with E-state index in [1.165, 1.54) is 0 Å². The predicted octanol–water partition coefficient (Wildman–Crippen LogP) is 3.90. The van der Waals surface area contributed by atoms with E-state index in [-0.39, 0.29) is 24.1 Å². The lowest BCUT2D eigenvalue weighted by atomic mass is 10.1. The van der Waals surface area contributed by atoms with Crippen LogP contribution in [0.1, 0.15) is 27.6 Å². The molecule has 0 spiro atoms. The second-order valence-corrected chi connectivity index (χ2v) is 8.28. The van der Waals surface area contributed by atoms with Crippen molar-refractivity contribution in [2.24, 2.45) is 0 Å². The Morgan fingerprint density at radius 1 is 0.765 bits per heavy atom. The molecule has 0 atom stereocenters. The molecule has 1 heterocycles. The predicted molar refractivity (Wildman–Crippen MR) is 135 cm³/mol. The summed E-state index contributed by atoms with van der Waals surface area (Å²) in [5.74, 6) is -0.368. The largest absolute Gasteiger partial charge is 0.369 e. The second-order valence-electron chi connectivity index (χ2n) is 8.28. The molecule has 0 saturated carbocycles. The number of rotatable bonds is 7. The van der Waals surface area contributed by atoms with Crippen molar-refractivity contribution >= 4 is 34.7 Å². The molecule has 1 aliphatic heterocycles. The van der Waals surface area contributed by atoms with E-state index in [2.05, 4.69) is 20.4 Å². The molecule has 34 heavy (non-hydrogen) atoms. The van der Waals surface area contributed by atoms with E-state index in [9.17, 15) is 14.4 Å². The number of amides is 2. The Bertz CT molecular complexity index is 1150. The Morgan fingerprint density at radius 3 is 2.09 bits per heavy atom. The Kier molecular flexibility index (Phi) is 7.34. The Morgan fingerprint density at radius 2 is 1.41 bits per heavy atom. The SMILES string of the molecule is CC(=O)c1ccc(N2CCN(CC(=O)Nc3ccccc3C(=O)Nc3ccccc3)CC2)cc1. The first-order chi connectivity index (χ1) is 16.5. The third kappa shape index (κ3) is 5.88. The first-order valence-corrected chi connectivity index (χ1v) is 11.3. The fourth-order valence-electron chi connectivity index (χ4n) is 3.97. The number of nitrogens with zero attached hydrogens (tertiary/aromatic N) is 2. The van der Waals surface area contributed by atoms with E-state index in [4.69, 9.17) is 0 Å². The summed E-state index contributed by atoms with van der Waals surface area (Å²) >= 11 is 0. The summed E-state index contributed by atoms with van der Waals surface area (Å²) in [6, 6.07) is 23.9. The monoisotopic (exact) mass is 456 g/mol. The highest BCUT2D eigenvalue weighted by molar-refractivity contribution is 6.10. The van der Waals surface area contributed by atoms with Crippen molar-refractivity contribution in [2.75, 3.05) is 48.3 Å². The second kappa shape index (κ2) is 10.8. The molecule has 2 amide bonds. The number of carbonyl (C=O) groups is 3. The molecule has 0 aromatic heterocycles. The van der Waals surface area contributed by atoms with Crippen LogP contribution < -0.4 is 15.5 Å². The molecule has 3 aromatic rings. The number of nitrogens with one attached hydrogen (secondary N) is 2. The molecular weight excluding hydrogens is 428 g/mol. The van der Waals surface area contributed by atoms with Gasteiger partial charge in [0.1, 0.15) is 0 Å². The maximum absolute atomic E-state index is 12.7. The summed E-state index contributed by atoms with van der Waals surface area (Å²) < 4.78 is 0. The van der Waals surface area contributed by atoms with Gasteiger partial charge in [0, 0.05) is 43.1 Å². The van der Waals surface area contributed by atoms with E-state index in [0.29, 0.717) is 22.5 Å². The van der Waals surface area contributed by atoms with Crippen LogP contribution >= 0.6 is 0 Å². The van der Waals surface area contributed by atoms with Gasteiger partial charge in [-0.05, 0) is 55.5 Å². The topological polar surface area (TPSA) is 81.8 Å². The summed E-state index contributed by atoms with van der Waals surface area (Å²) in [5.41, 5.74) is 3.38. The number of para-hydroxylation sites is 2. The summed E-state index contributed by atoms with van der Waals surface area (Å²) in [6.07, 6.45) is 0. The summed E-state index contributed by atoms with van der Waals surface area (Å²) in [7, 11) is 0. The molecule has 1 fully saturated rings. The van der Waals surface area contributed by atoms with Crippen LogP contribution in [0.5, 0.6) is 0 Å². The molecule has 0 radical (unpaired) electrons. The maximum atomic E-state index is 12.7. The molecular formula is C27H28N4O3. The van der Waals surface area contributed by atoms with Gasteiger partial charge in [-0.3, -0.25) is 19.3 Å². The van der Waals surface area contributed by atoms with Crippen molar-refractivity contribution in [2.45, 2.75) is 6.92 Å². The fraction of sp³-hybridized carbons (Fsp3) is 0.222. The average molecular weight is 457 g/mol. The third-order valence-electron chi connectivity index (χ3n) is 5.86. The molecule has 0 bridgehead atoms. The lowest BCUT2D eigenvalue weighted by Gasteiger charge is -2.35. The van der Waals surface area contributed by atoms with Gasteiger partial charge in [-0.15, -0.1) is 0 Å². The van der Waals surface area contributed by atoms with Gasteiger partial charge >= 0.3 is 0 Å². The van der Waals surface area contributed by atoms with Gasteiger partial charge in [-0.25, -0.2) is 0 Å². The summed E-state index contributed by atoms with van der Waals surface area (Å²) in [4.78, 5) is 41.3. The van der Waals surface area contributed by atoms with Gasteiger partial charge in [0.2, 0.25) is 5.91 Å². The number of piperazine rings is 1. The maximum Gasteiger partial charge on any atom is 0.257 e. The smallest absolute Gasteiger partial charge is 0.257 e. The van der Waals surface area contributed by atoms with Gasteiger partial charge in [0.25, 0.3) is 5.91 Å². The van der Waals surface area contributed by atoms with Crippen molar-refractivity contribution < 1.29 is 14.4 Å².